The first-order valence-corrected chi connectivity index (χ1v) is 9.07. The standard InChI is InChI=1S/C17H22N2O4S/c1-4-11-18-13-5-7-14(8-6-13)19-24(20,21)17-12-15(22-2)9-10-16(17)23-3/h5-10,12,18-19H,4,11H2,1-3H3. The van der Waals surface area contributed by atoms with E-state index in [4.69, 9.17) is 9.47 Å². The van der Waals surface area contributed by atoms with Gasteiger partial charge in [0.2, 0.25) is 0 Å². The molecule has 0 saturated carbocycles. The van der Waals surface area contributed by atoms with Gasteiger partial charge >= 0.3 is 0 Å². The summed E-state index contributed by atoms with van der Waals surface area (Å²) in [7, 11) is -0.888. The van der Waals surface area contributed by atoms with Crippen LogP contribution >= 0.6 is 0 Å². The summed E-state index contributed by atoms with van der Waals surface area (Å²) in [5.41, 5.74) is 1.42. The topological polar surface area (TPSA) is 76.7 Å². The van der Waals surface area contributed by atoms with Gasteiger partial charge in [-0.3, -0.25) is 4.72 Å². The van der Waals surface area contributed by atoms with Crippen LogP contribution in [0.5, 0.6) is 11.5 Å². The van der Waals surface area contributed by atoms with Crippen LogP contribution in [0.25, 0.3) is 0 Å². The van der Waals surface area contributed by atoms with Gasteiger partial charge in [-0.1, -0.05) is 6.92 Å². The third kappa shape index (κ3) is 4.32. The minimum Gasteiger partial charge on any atom is -0.497 e. The Morgan fingerprint density at radius 3 is 2.21 bits per heavy atom. The van der Waals surface area contributed by atoms with Crippen LogP contribution in [0, 0.1) is 0 Å². The molecule has 24 heavy (non-hydrogen) atoms. The van der Waals surface area contributed by atoms with Crippen molar-refractivity contribution in [3.8, 4) is 11.5 Å². The molecule has 2 N–H and O–H groups in total. The lowest BCUT2D eigenvalue weighted by molar-refractivity contribution is 0.392. The molecule has 0 heterocycles. The van der Waals surface area contributed by atoms with E-state index in [0.717, 1.165) is 18.7 Å². The molecule has 0 unspecified atom stereocenters. The van der Waals surface area contributed by atoms with Crippen LogP contribution in [0.3, 0.4) is 0 Å². The van der Waals surface area contributed by atoms with E-state index in [1.807, 2.05) is 12.1 Å². The maximum absolute atomic E-state index is 12.6. The zero-order valence-electron chi connectivity index (χ0n) is 14.0. The summed E-state index contributed by atoms with van der Waals surface area (Å²) in [6.45, 7) is 2.95. The second-order valence-corrected chi connectivity index (χ2v) is 6.78. The third-order valence-electron chi connectivity index (χ3n) is 3.38. The minimum absolute atomic E-state index is 0.0255. The van der Waals surface area contributed by atoms with Crippen LogP contribution < -0.4 is 19.5 Å². The fourth-order valence-electron chi connectivity index (χ4n) is 2.13. The third-order valence-corrected chi connectivity index (χ3v) is 4.78. The van der Waals surface area contributed by atoms with Crippen molar-refractivity contribution in [1.82, 2.24) is 0 Å². The van der Waals surface area contributed by atoms with Crippen molar-refractivity contribution < 1.29 is 17.9 Å². The molecule has 0 aromatic heterocycles. The Morgan fingerprint density at radius 1 is 0.958 bits per heavy atom. The highest BCUT2D eigenvalue weighted by atomic mass is 32.2. The summed E-state index contributed by atoms with van der Waals surface area (Å²) >= 11 is 0. The number of rotatable bonds is 8. The van der Waals surface area contributed by atoms with E-state index >= 15 is 0 Å². The molecule has 2 rings (SSSR count). The van der Waals surface area contributed by atoms with Gasteiger partial charge < -0.3 is 14.8 Å². The molecule has 0 fully saturated rings. The highest BCUT2D eigenvalue weighted by molar-refractivity contribution is 7.92. The molecule has 0 radical (unpaired) electrons. The van der Waals surface area contributed by atoms with Crippen LogP contribution in [0.2, 0.25) is 0 Å². The molecular weight excluding hydrogens is 328 g/mol. The lowest BCUT2D eigenvalue weighted by Gasteiger charge is -2.13. The van der Waals surface area contributed by atoms with Crippen molar-refractivity contribution in [2.45, 2.75) is 18.2 Å². The molecule has 2 aromatic rings. The first kappa shape index (κ1) is 17.9. The fraction of sp³-hybridized carbons (Fsp3) is 0.294. The first-order valence-electron chi connectivity index (χ1n) is 7.59. The van der Waals surface area contributed by atoms with Gasteiger partial charge in [0.15, 0.2) is 0 Å². The van der Waals surface area contributed by atoms with Crippen molar-refractivity contribution >= 4 is 21.4 Å². The van der Waals surface area contributed by atoms with Gasteiger partial charge in [-0.05, 0) is 42.8 Å². The van der Waals surface area contributed by atoms with Gasteiger partial charge in [-0.25, -0.2) is 8.42 Å². The quantitative estimate of drug-likeness (QED) is 0.764. The average molecular weight is 350 g/mol. The largest absolute Gasteiger partial charge is 0.497 e. The van der Waals surface area contributed by atoms with E-state index in [0.29, 0.717) is 11.4 Å². The first-order chi connectivity index (χ1) is 11.5. The molecule has 0 aliphatic carbocycles. The monoisotopic (exact) mass is 350 g/mol. The maximum atomic E-state index is 12.6. The van der Waals surface area contributed by atoms with Gasteiger partial charge in [-0.2, -0.15) is 0 Å². The van der Waals surface area contributed by atoms with Crippen molar-refractivity contribution in [2.75, 3.05) is 30.8 Å². The Balaban J connectivity index is 2.25. The molecule has 2 aromatic carbocycles. The van der Waals surface area contributed by atoms with E-state index in [1.165, 1.54) is 20.3 Å². The molecule has 6 nitrogen and oxygen atoms in total. The molecule has 0 aliphatic rings. The minimum atomic E-state index is -3.79. The van der Waals surface area contributed by atoms with Crippen LogP contribution in [-0.2, 0) is 10.0 Å². The van der Waals surface area contributed by atoms with Crippen molar-refractivity contribution in [3.63, 3.8) is 0 Å². The predicted octanol–water partition coefficient (Wildman–Crippen LogP) is 3.33. The van der Waals surface area contributed by atoms with Crippen LogP contribution in [-0.4, -0.2) is 29.2 Å². The van der Waals surface area contributed by atoms with Crippen molar-refractivity contribution in [2.24, 2.45) is 0 Å². The molecule has 0 atom stereocenters. The summed E-state index contributed by atoms with van der Waals surface area (Å²) in [5, 5.41) is 3.24. The molecule has 0 saturated heterocycles. The normalized spacial score (nSPS) is 11.0. The molecule has 130 valence electrons. The van der Waals surface area contributed by atoms with E-state index in [9.17, 15) is 8.42 Å². The van der Waals surface area contributed by atoms with E-state index in [1.54, 1.807) is 24.3 Å². The molecular formula is C17H22N2O4S. The molecule has 0 bridgehead atoms. The Morgan fingerprint density at radius 2 is 1.62 bits per heavy atom. The smallest absolute Gasteiger partial charge is 0.265 e. The number of benzene rings is 2. The summed E-state index contributed by atoms with van der Waals surface area (Å²) < 4.78 is 38.1. The van der Waals surface area contributed by atoms with Crippen molar-refractivity contribution in [1.29, 1.82) is 0 Å². The highest BCUT2D eigenvalue weighted by Gasteiger charge is 2.20. The van der Waals surface area contributed by atoms with Gasteiger partial charge in [0.05, 0.1) is 14.2 Å². The molecule has 0 aliphatic heterocycles. The van der Waals surface area contributed by atoms with Gasteiger partial charge in [0.1, 0.15) is 16.4 Å². The summed E-state index contributed by atoms with van der Waals surface area (Å²) in [6, 6.07) is 11.7. The Bertz CT molecular complexity index is 774. The highest BCUT2D eigenvalue weighted by Crippen LogP contribution is 2.29. The number of ether oxygens (including phenoxy) is 2. The molecule has 0 spiro atoms. The SMILES string of the molecule is CCCNc1ccc(NS(=O)(=O)c2cc(OC)ccc2OC)cc1. The Hall–Kier alpha value is -2.41. The van der Waals surface area contributed by atoms with Gasteiger partial charge in [0, 0.05) is 24.0 Å². The lowest BCUT2D eigenvalue weighted by Crippen LogP contribution is -2.14. The summed E-state index contributed by atoms with van der Waals surface area (Å²) in [4.78, 5) is 0.0255. The Labute approximate surface area is 142 Å². The van der Waals surface area contributed by atoms with E-state index < -0.39 is 10.0 Å². The van der Waals surface area contributed by atoms with E-state index in [2.05, 4.69) is 17.0 Å². The van der Waals surface area contributed by atoms with Crippen molar-refractivity contribution in [3.05, 3.63) is 42.5 Å². The number of hydrogen-bond acceptors (Lipinski definition) is 5. The number of nitrogens with one attached hydrogen (secondary N) is 2. The lowest BCUT2D eigenvalue weighted by atomic mass is 10.3. The van der Waals surface area contributed by atoms with Gasteiger partial charge in [-0.15, -0.1) is 0 Å². The number of hydrogen-bond donors (Lipinski definition) is 2. The molecule has 7 heteroatoms. The number of sulfonamides is 1. The molecule has 0 amide bonds. The summed E-state index contributed by atoms with van der Waals surface area (Å²) in [6.07, 6.45) is 1.02. The van der Waals surface area contributed by atoms with Crippen LogP contribution in [0.4, 0.5) is 11.4 Å². The second kappa shape index (κ2) is 7.92. The fourth-order valence-corrected chi connectivity index (χ4v) is 3.37. The maximum Gasteiger partial charge on any atom is 0.265 e. The Kier molecular flexibility index (Phi) is 5.92. The van der Waals surface area contributed by atoms with E-state index in [-0.39, 0.29) is 10.6 Å². The average Bonchev–Trinajstić information content (AvgIpc) is 2.60. The second-order valence-electron chi connectivity index (χ2n) is 5.13. The zero-order valence-corrected chi connectivity index (χ0v) is 14.8. The van der Waals surface area contributed by atoms with Crippen LogP contribution in [0.1, 0.15) is 13.3 Å². The van der Waals surface area contributed by atoms with Crippen LogP contribution in [0.15, 0.2) is 47.4 Å². The number of methoxy groups -OCH3 is 2. The zero-order chi connectivity index (χ0) is 17.6. The summed E-state index contributed by atoms with van der Waals surface area (Å²) in [5.74, 6) is 0.694. The number of anilines is 2. The predicted molar refractivity (Wildman–Crippen MR) is 95.6 cm³/mol. The van der Waals surface area contributed by atoms with Gasteiger partial charge in [0.25, 0.3) is 10.0 Å².